The van der Waals surface area contributed by atoms with Gasteiger partial charge in [0, 0.05) is 51.0 Å². The molecule has 2 fully saturated rings. The van der Waals surface area contributed by atoms with Crippen LogP contribution in [0.1, 0.15) is 49.9 Å². The second kappa shape index (κ2) is 9.49. The molecule has 2 aliphatic rings. The zero-order chi connectivity index (χ0) is 21.8. The molecule has 4 rings (SSSR count). The lowest BCUT2D eigenvalue weighted by atomic mass is 9.95. The summed E-state index contributed by atoms with van der Waals surface area (Å²) in [5, 5.41) is 7.12. The van der Waals surface area contributed by atoms with Gasteiger partial charge in [0.1, 0.15) is 5.82 Å². The van der Waals surface area contributed by atoms with Gasteiger partial charge in [0.25, 0.3) is 5.91 Å². The summed E-state index contributed by atoms with van der Waals surface area (Å²) < 4.78 is 1.78. The van der Waals surface area contributed by atoms with E-state index in [1.807, 2.05) is 30.2 Å². The smallest absolute Gasteiger partial charge is 0.255 e. The van der Waals surface area contributed by atoms with Crippen LogP contribution in [0.15, 0.2) is 30.7 Å². The second-order valence-corrected chi connectivity index (χ2v) is 8.72. The van der Waals surface area contributed by atoms with Gasteiger partial charge in [-0.25, -0.2) is 4.98 Å². The van der Waals surface area contributed by atoms with Gasteiger partial charge in [0.05, 0.1) is 17.4 Å². The molecule has 2 aliphatic heterocycles. The van der Waals surface area contributed by atoms with E-state index in [0.29, 0.717) is 31.5 Å². The molecule has 0 spiro atoms. The normalized spacial score (nSPS) is 18.3. The summed E-state index contributed by atoms with van der Waals surface area (Å²) in [6.45, 7) is 8.27. The van der Waals surface area contributed by atoms with E-state index in [1.165, 1.54) is 12.8 Å². The van der Waals surface area contributed by atoms with Gasteiger partial charge >= 0.3 is 0 Å². The van der Waals surface area contributed by atoms with Crippen LogP contribution in [-0.4, -0.2) is 57.7 Å². The van der Waals surface area contributed by atoms with Crippen LogP contribution in [0.5, 0.6) is 0 Å². The Balaban J connectivity index is 1.28. The first-order valence-electron chi connectivity index (χ1n) is 11.4. The molecular weight excluding hydrogens is 392 g/mol. The highest BCUT2D eigenvalue weighted by Crippen LogP contribution is 2.23. The Hall–Kier alpha value is -2.90. The largest absolute Gasteiger partial charge is 0.357 e. The molecule has 0 aliphatic carbocycles. The summed E-state index contributed by atoms with van der Waals surface area (Å²) >= 11 is 0. The number of piperidine rings is 2. The van der Waals surface area contributed by atoms with Gasteiger partial charge in [-0.05, 0) is 50.7 Å². The first kappa shape index (κ1) is 21.3. The van der Waals surface area contributed by atoms with Crippen LogP contribution in [-0.2, 0) is 11.3 Å². The number of carbonyl (C=O) groups is 2. The molecule has 0 unspecified atom stereocenters. The summed E-state index contributed by atoms with van der Waals surface area (Å²) in [7, 11) is 0. The van der Waals surface area contributed by atoms with E-state index in [9.17, 15) is 9.59 Å². The highest BCUT2D eigenvalue weighted by Gasteiger charge is 2.28. The molecule has 0 radical (unpaired) electrons. The molecule has 1 N–H and O–H groups in total. The van der Waals surface area contributed by atoms with Crippen molar-refractivity contribution < 1.29 is 9.59 Å². The van der Waals surface area contributed by atoms with E-state index < -0.39 is 0 Å². The fourth-order valence-electron chi connectivity index (χ4n) is 4.31. The molecule has 2 amide bonds. The van der Waals surface area contributed by atoms with Gasteiger partial charge in [0.2, 0.25) is 5.91 Å². The molecule has 0 aromatic carbocycles. The maximum atomic E-state index is 12.9. The number of aromatic nitrogens is 3. The van der Waals surface area contributed by atoms with Crippen molar-refractivity contribution in [2.45, 2.75) is 46.1 Å². The SMILES string of the molecule is CCn1cc(NC(=O)C2CCN(C(=O)c3ccc(N4CCC(C)CC4)nc3)CC2)cn1. The Morgan fingerprint density at radius 1 is 1.06 bits per heavy atom. The van der Waals surface area contributed by atoms with Crippen molar-refractivity contribution in [1.29, 1.82) is 0 Å². The van der Waals surface area contributed by atoms with Crippen LogP contribution >= 0.6 is 0 Å². The topological polar surface area (TPSA) is 83.4 Å². The van der Waals surface area contributed by atoms with Crippen LogP contribution in [0, 0.1) is 11.8 Å². The number of rotatable bonds is 5. The summed E-state index contributed by atoms with van der Waals surface area (Å²) in [5.41, 5.74) is 1.34. The minimum atomic E-state index is -0.0870. The number of hydrogen-bond donors (Lipinski definition) is 1. The highest BCUT2D eigenvalue weighted by molar-refractivity contribution is 5.95. The molecule has 4 heterocycles. The summed E-state index contributed by atoms with van der Waals surface area (Å²) in [6.07, 6.45) is 8.89. The molecule has 0 bridgehead atoms. The van der Waals surface area contributed by atoms with Crippen molar-refractivity contribution in [1.82, 2.24) is 19.7 Å². The Morgan fingerprint density at radius 3 is 2.42 bits per heavy atom. The van der Waals surface area contributed by atoms with Gasteiger partial charge < -0.3 is 15.1 Å². The lowest BCUT2D eigenvalue weighted by molar-refractivity contribution is -0.121. The number of nitrogens with one attached hydrogen (secondary N) is 1. The number of aryl methyl sites for hydroxylation is 1. The number of hydrogen-bond acceptors (Lipinski definition) is 5. The van der Waals surface area contributed by atoms with E-state index >= 15 is 0 Å². The third kappa shape index (κ3) is 5.06. The van der Waals surface area contributed by atoms with E-state index in [1.54, 1.807) is 17.1 Å². The number of nitrogens with zero attached hydrogens (tertiary/aromatic N) is 5. The molecule has 8 nitrogen and oxygen atoms in total. The van der Waals surface area contributed by atoms with Gasteiger partial charge in [-0.1, -0.05) is 6.92 Å². The molecule has 8 heteroatoms. The maximum absolute atomic E-state index is 12.9. The number of pyridine rings is 1. The molecule has 2 saturated heterocycles. The van der Waals surface area contributed by atoms with E-state index in [2.05, 4.69) is 27.2 Å². The van der Waals surface area contributed by atoms with Gasteiger partial charge in [0.15, 0.2) is 0 Å². The predicted molar refractivity (Wildman–Crippen MR) is 120 cm³/mol. The standard InChI is InChI=1S/C23H32N6O2/c1-3-29-16-20(15-25-29)26-22(30)18-8-12-28(13-9-18)23(31)19-4-5-21(24-14-19)27-10-6-17(2)7-11-27/h4-5,14-18H,3,6-13H2,1-2H3,(H,26,30). The zero-order valence-electron chi connectivity index (χ0n) is 18.5. The molecule has 2 aromatic rings. The Bertz CT molecular complexity index is 893. The first-order valence-corrected chi connectivity index (χ1v) is 11.4. The third-order valence-corrected chi connectivity index (χ3v) is 6.48. The van der Waals surface area contributed by atoms with Crippen LogP contribution in [0.25, 0.3) is 0 Å². The van der Waals surface area contributed by atoms with E-state index in [-0.39, 0.29) is 17.7 Å². The first-order chi connectivity index (χ1) is 15.0. The zero-order valence-corrected chi connectivity index (χ0v) is 18.5. The molecule has 166 valence electrons. The lowest BCUT2D eigenvalue weighted by Crippen LogP contribution is -2.41. The second-order valence-electron chi connectivity index (χ2n) is 8.72. The van der Waals surface area contributed by atoms with E-state index in [4.69, 9.17) is 0 Å². The average molecular weight is 425 g/mol. The molecule has 0 saturated carbocycles. The van der Waals surface area contributed by atoms with Crippen molar-refractivity contribution in [2.75, 3.05) is 36.4 Å². The molecule has 0 atom stereocenters. The molecule has 31 heavy (non-hydrogen) atoms. The summed E-state index contributed by atoms with van der Waals surface area (Å²) in [4.78, 5) is 34.1. The Labute approximate surface area is 183 Å². The van der Waals surface area contributed by atoms with Gasteiger partial charge in [-0.2, -0.15) is 5.10 Å². The quantitative estimate of drug-likeness (QED) is 0.798. The average Bonchev–Trinajstić information content (AvgIpc) is 3.27. The minimum absolute atomic E-state index is 0.00428. The van der Waals surface area contributed by atoms with Crippen molar-refractivity contribution in [3.63, 3.8) is 0 Å². The highest BCUT2D eigenvalue weighted by atomic mass is 16.2. The van der Waals surface area contributed by atoms with Gasteiger partial charge in [-0.3, -0.25) is 14.3 Å². The van der Waals surface area contributed by atoms with Crippen LogP contribution in [0.2, 0.25) is 0 Å². The Morgan fingerprint density at radius 2 is 1.81 bits per heavy atom. The van der Waals surface area contributed by atoms with Crippen molar-refractivity contribution in [2.24, 2.45) is 11.8 Å². The lowest BCUT2D eigenvalue weighted by Gasteiger charge is -2.32. The number of carbonyl (C=O) groups excluding carboxylic acids is 2. The minimum Gasteiger partial charge on any atom is -0.357 e. The van der Waals surface area contributed by atoms with Crippen LogP contribution in [0.4, 0.5) is 11.5 Å². The number of likely N-dealkylation sites (tertiary alicyclic amines) is 1. The van der Waals surface area contributed by atoms with Crippen molar-refractivity contribution in [3.8, 4) is 0 Å². The third-order valence-electron chi connectivity index (χ3n) is 6.48. The number of anilines is 2. The fraction of sp³-hybridized carbons (Fsp3) is 0.565. The summed E-state index contributed by atoms with van der Waals surface area (Å²) in [5.74, 6) is 1.64. The Kier molecular flexibility index (Phi) is 6.53. The molecule has 2 aromatic heterocycles. The van der Waals surface area contributed by atoms with Crippen LogP contribution < -0.4 is 10.2 Å². The number of amides is 2. The maximum Gasteiger partial charge on any atom is 0.255 e. The van der Waals surface area contributed by atoms with Gasteiger partial charge in [-0.15, -0.1) is 0 Å². The fourth-order valence-corrected chi connectivity index (χ4v) is 4.31. The summed E-state index contributed by atoms with van der Waals surface area (Å²) in [6, 6.07) is 3.84. The van der Waals surface area contributed by atoms with Crippen LogP contribution in [0.3, 0.4) is 0 Å². The van der Waals surface area contributed by atoms with Crippen molar-refractivity contribution >= 4 is 23.3 Å². The predicted octanol–water partition coefficient (Wildman–Crippen LogP) is 3.03. The van der Waals surface area contributed by atoms with E-state index in [0.717, 1.165) is 37.1 Å². The molecular formula is C23H32N6O2. The monoisotopic (exact) mass is 424 g/mol. The van der Waals surface area contributed by atoms with Crippen molar-refractivity contribution in [3.05, 3.63) is 36.3 Å².